The van der Waals surface area contributed by atoms with Gasteiger partial charge in [-0.1, -0.05) is 17.7 Å². The molecule has 4 heterocycles. The minimum absolute atomic E-state index is 0.336. The van der Waals surface area contributed by atoms with Crippen LogP contribution in [0, 0.1) is 19.7 Å². The summed E-state index contributed by atoms with van der Waals surface area (Å²) in [5, 5.41) is 9.24. The van der Waals surface area contributed by atoms with Crippen molar-refractivity contribution in [1.29, 1.82) is 0 Å². The summed E-state index contributed by atoms with van der Waals surface area (Å²) in [6, 6.07) is 6.73. The lowest BCUT2D eigenvalue weighted by atomic mass is 10.0. The molecule has 0 saturated carbocycles. The standard InChI is InChI=1S/C22H22ClFN6OS/c1-13-12-25-22(32-13)27-19-11-20(29-5-7-31-8-6-29)30-21(26-19)17(14(2)28-30)9-15-3-4-16(23)10-18(15)24/h3-4,10-12H,5-9H2,1-2H3,(H,25,26,27). The Labute approximate surface area is 193 Å². The van der Waals surface area contributed by atoms with Crippen molar-refractivity contribution in [1.82, 2.24) is 19.6 Å². The summed E-state index contributed by atoms with van der Waals surface area (Å²) in [5.41, 5.74) is 2.93. The second-order valence-electron chi connectivity index (χ2n) is 7.71. The lowest BCUT2D eigenvalue weighted by molar-refractivity contribution is 0.122. The molecule has 0 unspecified atom stereocenters. The van der Waals surface area contributed by atoms with Gasteiger partial charge in [0.1, 0.15) is 17.5 Å². The lowest BCUT2D eigenvalue weighted by Crippen LogP contribution is -2.37. The maximum absolute atomic E-state index is 14.5. The predicted octanol–water partition coefficient (Wildman–Crippen LogP) is 4.77. The van der Waals surface area contributed by atoms with Crippen molar-refractivity contribution in [3.05, 3.63) is 63.0 Å². The topological polar surface area (TPSA) is 67.6 Å². The monoisotopic (exact) mass is 472 g/mol. The molecule has 0 amide bonds. The van der Waals surface area contributed by atoms with Crippen molar-refractivity contribution in [3.63, 3.8) is 0 Å². The molecule has 1 saturated heterocycles. The van der Waals surface area contributed by atoms with Crippen molar-refractivity contribution in [3.8, 4) is 0 Å². The molecule has 0 radical (unpaired) electrons. The van der Waals surface area contributed by atoms with E-state index in [0.717, 1.165) is 40.2 Å². The molecule has 32 heavy (non-hydrogen) atoms. The second kappa shape index (κ2) is 8.65. The Morgan fingerprint density at radius 2 is 2.03 bits per heavy atom. The predicted molar refractivity (Wildman–Crippen MR) is 125 cm³/mol. The van der Waals surface area contributed by atoms with Crippen LogP contribution in [0.4, 0.5) is 21.2 Å². The Morgan fingerprint density at radius 1 is 1.22 bits per heavy atom. The molecule has 166 valence electrons. The maximum Gasteiger partial charge on any atom is 0.188 e. The van der Waals surface area contributed by atoms with Gasteiger partial charge in [0.15, 0.2) is 10.8 Å². The molecule has 1 aromatic carbocycles. The molecule has 5 rings (SSSR count). The van der Waals surface area contributed by atoms with Crippen molar-refractivity contribution < 1.29 is 9.13 Å². The summed E-state index contributed by atoms with van der Waals surface area (Å²) < 4.78 is 21.9. The van der Waals surface area contributed by atoms with Crippen molar-refractivity contribution in [2.45, 2.75) is 20.3 Å². The molecule has 1 fully saturated rings. The molecule has 7 nitrogen and oxygen atoms in total. The molecule has 10 heteroatoms. The van der Waals surface area contributed by atoms with Crippen LogP contribution in [0.3, 0.4) is 0 Å². The van der Waals surface area contributed by atoms with Crippen molar-refractivity contribution in [2.24, 2.45) is 0 Å². The van der Waals surface area contributed by atoms with E-state index in [-0.39, 0.29) is 5.82 Å². The van der Waals surface area contributed by atoms with Crippen LogP contribution in [0.25, 0.3) is 5.65 Å². The molecule has 1 N–H and O–H groups in total. The van der Waals surface area contributed by atoms with E-state index in [0.29, 0.717) is 41.7 Å². The first-order valence-corrected chi connectivity index (χ1v) is 11.5. The number of halogens is 2. The summed E-state index contributed by atoms with van der Waals surface area (Å²) in [7, 11) is 0. The van der Waals surface area contributed by atoms with E-state index in [1.165, 1.54) is 6.07 Å². The van der Waals surface area contributed by atoms with Crippen molar-refractivity contribution in [2.75, 3.05) is 36.5 Å². The molecular weight excluding hydrogens is 451 g/mol. The summed E-state index contributed by atoms with van der Waals surface area (Å²) in [6.07, 6.45) is 2.19. The summed E-state index contributed by atoms with van der Waals surface area (Å²) in [4.78, 5) is 12.6. The second-order valence-corrected chi connectivity index (χ2v) is 9.38. The normalized spacial score (nSPS) is 14.3. The minimum atomic E-state index is -0.336. The van der Waals surface area contributed by atoms with E-state index >= 15 is 0 Å². The average molecular weight is 473 g/mol. The fourth-order valence-electron chi connectivity index (χ4n) is 3.82. The summed E-state index contributed by atoms with van der Waals surface area (Å²) in [6.45, 7) is 6.77. The molecule has 0 atom stereocenters. The van der Waals surface area contributed by atoms with E-state index in [4.69, 9.17) is 26.4 Å². The van der Waals surface area contributed by atoms with E-state index < -0.39 is 0 Å². The molecule has 3 aromatic heterocycles. The zero-order valence-electron chi connectivity index (χ0n) is 17.7. The Morgan fingerprint density at radius 3 is 2.75 bits per heavy atom. The molecule has 0 bridgehead atoms. The van der Waals surface area contributed by atoms with Gasteiger partial charge in [0.05, 0.1) is 18.9 Å². The smallest absolute Gasteiger partial charge is 0.188 e. The van der Waals surface area contributed by atoms with Crippen molar-refractivity contribution >= 4 is 45.4 Å². The van der Waals surface area contributed by atoms with Gasteiger partial charge in [-0.15, -0.1) is 11.3 Å². The van der Waals surface area contributed by atoms with E-state index in [1.54, 1.807) is 23.5 Å². The number of hydrogen-bond acceptors (Lipinski definition) is 7. The number of aryl methyl sites for hydroxylation is 2. The number of morpholine rings is 1. The van der Waals surface area contributed by atoms with Crippen LogP contribution in [0.15, 0.2) is 30.5 Å². The average Bonchev–Trinajstić information content (AvgIpc) is 3.32. The molecule has 4 aromatic rings. The minimum Gasteiger partial charge on any atom is -0.378 e. The Hall–Kier alpha value is -2.75. The SMILES string of the molecule is Cc1cnc(Nc2cc(N3CCOCC3)n3nc(C)c(Cc4ccc(Cl)cc4F)c3n2)s1. The van der Waals surface area contributed by atoms with Crippen LogP contribution < -0.4 is 10.2 Å². The van der Waals surface area contributed by atoms with Crippen LogP contribution in [-0.4, -0.2) is 45.9 Å². The zero-order valence-corrected chi connectivity index (χ0v) is 19.3. The number of thiazole rings is 1. The number of benzene rings is 1. The van der Waals surface area contributed by atoms with Crippen LogP contribution >= 0.6 is 22.9 Å². The highest BCUT2D eigenvalue weighted by atomic mass is 35.5. The van der Waals surface area contributed by atoms with Crippen LogP contribution in [0.5, 0.6) is 0 Å². The summed E-state index contributed by atoms with van der Waals surface area (Å²) in [5.74, 6) is 1.25. The molecule has 0 spiro atoms. The summed E-state index contributed by atoms with van der Waals surface area (Å²) >= 11 is 7.50. The third-order valence-electron chi connectivity index (χ3n) is 5.44. The van der Waals surface area contributed by atoms with Gasteiger partial charge in [0, 0.05) is 47.2 Å². The van der Waals surface area contributed by atoms with Gasteiger partial charge in [-0.2, -0.15) is 9.61 Å². The number of ether oxygens (including phenoxy) is 1. The van der Waals surface area contributed by atoms with Crippen LogP contribution in [-0.2, 0) is 11.2 Å². The maximum atomic E-state index is 14.5. The van der Waals surface area contributed by atoms with Crippen LogP contribution in [0.1, 0.15) is 21.7 Å². The molecule has 1 aliphatic heterocycles. The first-order valence-electron chi connectivity index (χ1n) is 10.3. The first kappa shape index (κ1) is 21.1. The van der Waals surface area contributed by atoms with Gasteiger partial charge in [-0.25, -0.2) is 14.4 Å². The molecule has 1 aliphatic rings. The molecular formula is C22H22ClFN6OS. The van der Waals surface area contributed by atoms with Gasteiger partial charge in [0.2, 0.25) is 0 Å². The Balaban J connectivity index is 1.62. The van der Waals surface area contributed by atoms with E-state index in [1.807, 2.05) is 30.6 Å². The Kier molecular flexibility index (Phi) is 5.71. The fraction of sp³-hybridized carbons (Fsp3) is 0.318. The first-order chi connectivity index (χ1) is 15.5. The van der Waals surface area contributed by atoms with E-state index in [2.05, 4.69) is 15.2 Å². The highest BCUT2D eigenvalue weighted by molar-refractivity contribution is 7.15. The highest BCUT2D eigenvalue weighted by Gasteiger charge is 2.21. The molecule has 0 aliphatic carbocycles. The fourth-order valence-corrected chi connectivity index (χ4v) is 4.65. The number of fused-ring (bicyclic) bond motifs is 1. The van der Waals surface area contributed by atoms with Gasteiger partial charge >= 0.3 is 0 Å². The van der Waals surface area contributed by atoms with E-state index in [9.17, 15) is 4.39 Å². The largest absolute Gasteiger partial charge is 0.378 e. The third kappa shape index (κ3) is 4.15. The van der Waals surface area contributed by atoms with Gasteiger partial charge in [0.25, 0.3) is 0 Å². The zero-order chi connectivity index (χ0) is 22.2. The number of nitrogens with zero attached hydrogens (tertiary/aromatic N) is 5. The lowest BCUT2D eigenvalue weighted by Gasteiger charge is -2.29. The highest BCUT2D eigenvalue weighted by Crippen LogP contribution is 2.29. The number of nitrogens with one attached hydrogen (secondary N) is 1. The van der Waals surface area contributed by atoms with Gasteiger partial charge in [-0.05, 0) is 31.5 Å². The number of aromatic nitrogens is 4. The van der Waals surface area contributed by atoms with Gasteiger partial charge < -0.3 is 15.0 Å². The van der Waals surface area contributed by atoms with Gasteiger partial charge in [-0.3, -0.25) is 0 Å². The Bertz CT molecular complexity index is 1280. The third-order valence-corrected chi connectivity index (χ3v) is 6.50. The quantitative estimate of drug-likeness (QED) is 0.451. The number of anilines is 3. The number of rotatable bonds is 5. The van der Waals surface area contributed by atoms with Crippen LogP contribution in [0.2, 0.25) is 5.02 Å². The number of hydrogen-bond donors (Lipinski definition) is 1.